The van der Waals surface area contributed by atoms with Crippen LogP contribution in [0.4, 0.5) is 5.13 Å². The molecule has 0 radical (unpaired) electrons. The van der Waals surface area contributed by atoms with Crippen molar-refractivity contribution < 1.29 is 4.79 Å². The van der Waals surface area contributed by atoms with Gasteiger partial charge in [-0.2, -0.15) is 0 Å². The minimum Gasteiger partial charge on any atom is -0.300 e. The third-order valence-corrected chi connectivity index (χ3v) is 5.74. The monoisotopic (exact) mass is 418 g/mol. The fourth-order valence-corrected chi connectivity index (χ4v) is 4.22. The molecular weight excluding hydrogens is 396 g/mol. The molecule has 7 heteroatoms. The van der Waals surface area contributed by atoms with E-state index in [1.54, 1.807) is 18.2 Å². The summed E-state index contributed by atoms with van der Waals surface area (Å²) in [5.41, 5.74) is 3.57. The van der Waals surface area contributed by atoms with Crippen LogP contribution >= 0.6 is 11.3 Å². The molecule has 2 aromatic heterocycles. The zero-order valence-electron chi connectivity index (χ0n) is 16.9. The molecular formula is C23H22N4O2S. The molecule has 0 atom stereocenters. The van der Waals surface area contributed by atoms with E-state index in [-0.39, 0.29) is 18.0 Å². The highest BCUT2D eigenvalue weighted by Crippen LogP contribution is 2.30. The number of carbonyl (C=O) groups excluding carboxylic acids is 1. The molecule has 152 valence electrons. The van der Waals surface area contributed by atoms with Crippen LogP contribution in [0.1, 0.15) is 23.8 Å². The quantitative estimate of drug-likeness (QED) is 0.503. The van der Waals surface area contributed by atoms with Crippen LogP contribution < -0.4 is 10.9 Å². The Morgan fingerprint density at radius 3 is 2.67 bits per heavy atom. The van der Waals surface area contributed by atoms with Crippen LogP contribution in [0.2, 0.25) is 0 Å². The van der Waals surface area contributed by atoms with Gasteiger partial charge < -0.3 is 5.32 Å². The molecule has 2 heterocycles. The average molecular weight is 419 g/mol. The summed E-state index contributed by atoms with van der Waals surface area (Å²) in [6.07, 6.45) is 3.57. The van der Waals surface area contributed by atoms with Crippen LogP contribution in [-0.2, 0) is 17.8 Å². The van der Waals surface area contributed by atoms with Gasteiger partial charge in [0.2, 0.25) is 5.91 Å². The number of amides is 1. The molecule has 0 unspecified atom stereocenters. The first kappa shape index (κ1) is 20.0. The van der Waals surface area contributed by atoms with E-state index in [1.807, 2.05) is 13.0 Å². The molecule has 2 aromatic carbocycles. The summed E-state index contributed by atoms with van der Waals surface area (Å²) in [6.45, 7) is 4.03. The number of anilines is 1. The first-order chi connectivity index (χ1) is 14.5. The van der Waals surface area contributed by atoms with E-state index in [0.717, 1.165) is 29.0 Å². The van der Waals surface area contributed by atoms with Gasteiger partial charge in [0.05, 0.1) is 22.9 Å². The Morgan fingerprint density at radius 1 is 1.13 bits per heavy atom. The van der Waals surface area contributed by atoms with Crippen molar-refractivity contribution in [2.24, 2.45) is 0 Å². The summed E-state index contributed by atoms with van der Waals surface area (Å²) in [7, 11) is 0. The number of carbonyl (C=O) groups is 1. The van der Waals surface area contributed by atoms with Gasteiger partial charge in [0.25, 0.3) is 5.56 Å². The first-order valence-corrected chi connectivity index (χ1v) is 10.7. The van der Waals surface area contributed by atoms with Crippen LogP contribution in [0.5, 0.6) is 0 Å². The highest BCUT2D eigenvalue weighted by atomic mass is 32.1. The number of nitrogens with zero attached hydrogens (tertiary/aromatic N) is 3. The van der Waals surface area contributed by atoms with Gasteiger partial charge in [0.15, 0.2) is 5.13 Å². The summed E-state index contributed by atoms with van der Waals surface area (Å²) in [4.78, 5) is 34.9. The molecule has 30 heavy (non-hydrogen) atoms. The number of hydrogen-bond donors (Lipinski definition) is 1. The van der Waals surface area contributed by atoms with E-state index in [4.69, 9.17) is 0 Å². The largest absolute Gasteiger partial charge is 0.300 e. The van der Waals surface area contributed by atoms with Crippen LogP contribution in [0.15, 0.2) is 59.7 Å². The van der Waals surface area contributed by atoms with Gasteiger partial charge >= 0.3 is 0 Å². The van der Waals surface area contributed by atoms with Crippen molar-refractivity contribution in [3.05, 3.63) is 75.7 Å². The summed E-state index contributed by atoms with van der Waals surface area (Å²) in [6, 6.07) is 15.5. The second kappa shape index (κ2) is 8.59. The smallest absolute Gasteiger partial charge is 0.261 e. The summed E-state index contributed by atoms with van der Waals surface area (Å²) >= 11 is 1.42. The SMILES string of the molecule is CCCc1ccc(-c2nc(NC(=O)Cn3cnc4ccccc4c3=O)sc2C)cc1. The Morgan fingerprint density at radius 2 is 1.90 bits per heavy atom. The minimum atomic E-state index is -0.312. The highest BCUT2D eigenvalue weighted by molar-refractivity contribution is 7.16. The van der Waals surface area contributed by atoms with Crippen LogP contribution in [0.25, 0.3) is 22.2 Å². The number of thiazole rings is 1. The van der Waals surface area contributed by atoms with Crippen LogP contribution in [0.3, 0.4) is 0 Å². The molecule has 0 saturated carbocycles. The topological polar surface area (TPSA) is 76.9 Å². The van der Waals surface area contributed by atoms with E-state index in [0.29, 0.717) is 16.0 Å². The molecule has 4 aromatic rings. The Balaban J connectivity index is 1.50. The lowest BCUT2D eigenvalue weighted by Gasteiger charge is -2.06. The number of hydrogen-bond acceptors (Lipinski definition) is 5. The first-order valence-electron chi connectivity index (χ1n) is 9.86. The summed E-state index contributed by atoms with van der Waals surface area (Å²) < 4.78 is 1.31. The molecule has 1 N–H and O–H groups in total. The molecule has 0 saturated heterocycles. The third-order valence-electron chi connectivity index (χ3n) is 4.85. The van der Waals surface area contributed by atoms with Crippen molar-refractivity contribution in [2.45, 2.75) is 33.2 Å². The van der Waals surface area contributed by atoms with Gasteiger partial charge in [-0.05, 0) is 31.0 Å². The molecule has 6 nitrogen and oxygen atoms in total. The lowest BCUT2D eigenvalue weighted by molar-refractivity contribution is -0.116. The lowest BCUT2D eigenvalue weighted by Crippen LogP contribution is -2.27. The number of benzene rings is 2. The van der Waals surface area contributed by atoms with E-state index in [1.165, 1.54) is 27.8 Å². The second-order valence-electron chi connectivity index (χ2n) is 7.11. The third kappa shape index (κ3) is 4.16. The Bertz CT molecular complexity index is 1260. The fraction of sp³-hybridized carbons (Fsp3) is 0.217. The molecule has 0 fully saturated rings. The normalized spacial score (nSPS) is 11.0. The van der Waals surface area contributed by atoms with Crippen LogP contribution in [0, 0.1) is 6.92 Å². The zero-order valence-corrected chi connectivity index (χ0v) is 17.7. The number of rotatable bonds is 6. The number of fused-ring (bicyclic) bond motifs is 1. The van der Waals surface area contributed by atoms with Crippen molar-refractivity contribution in [3.63, 3.8) is 0 Å². The average Bonchev–Trinajstić information content (AvgIpc) is 3.11. The molecule has 0 aliphatic rings. The highest BCUT2D eigenvalue weighted by Gasteiger charge is 2.13. The number of aryl methyl sites for hydroxylation is 2. The zero-order chi connectivity index (χ0) is 21.1. The Labute approximate surface area is 178 Å². The summed E-state index contributed by atoms with van der Waals surface area (Å²) in [5, 5.41) is 3.82. The molecule has 0 aliphatic heterocycles. The number of para-hydroxylation sites is 1. The van der Waals surface area contributed by atoms with E-state index in [2.05, 4.69) is 46.5 Å². The molecule has 1 amide bonds. The van der Waals surface area contributed by atoms with Crippen molar-refractivity contribution in [3.8, 4) is 11.3 Å². The van der Waals surface area contributed by atoms with E-state index in [9.17, 15) is 9.59 Å². The van der Waals surface area contributed by atoms with Gasteiger partial charge in [0.1, 0.15) is 6.54 Å². The maximum Gasteiger partial charge on any atom is 0.261 e. The number of aromatic nitrogens is 3. The Kier molecular flexibility index (Phi) is 5.72. The van der Waals surface area contributed by atoms with Gasteiger partial charge in [-0.1, -0.05) is 49.7 Å². The number of nitrogens with one attached hydrogen (secondary N) is 1. The lowest BCUT2D eigenvalue weighted by atomic mass is 10.1. The molecule has 4 rings (SSSR count). The van der Waals surface area contributed by atoms with Gasteiger partial charge in [-0.3, -0.25) is 14.2 Å². The maximum atomic E-state index is 12.6. The van der Waals surface area contributed by atoms with E-state index < -0.39 is 0 Å². The van der Waals surface area contributed by atoms with Crippen molar-refractivity contribution in [1.82, 2.24) is 14.5 Å². The predicted octanol–water partition coefficient (Wildman–Crippen LogP) is 4.42. The predicted molar refractivity (Wildman–Crippen MR) is 121 cm³/mol. The maximum absolute atomic E-state index is 12.6. The second-order valence-corrected chi connectivity index (χ2v) is 8.32. The van der Waals surface area contributed by atoms with Gasteiger partial charge in [-0.15, -0.1) is 11.3 Å². The standard InChI is InChI=1S/C23H22N4O2S/c1-3-6-16-9-11-17(12-10-16)21-15(2)30-23(26-21)25-20(28)13-27-14-24-19-8-5-4-7-18(19)22(27)29/h4-5,7-12,14H,3,6,13H2,1-2H3,(H,25,26,28). The minimum absolute atomic E-state index is 0.115. The molecule has 0 bridgehead atoms. The van der Waals surface area contributed by atoms with Crippen molar-refractivity contribution in [2.75, 3.05) is 5.32 Å². The molecule has 0 aliphatic carbocycles. The van der Waals surface area contributed by atoms with E-state index >= 15 is 0 Å². The Hall–Kier alpha value is -3.32. The fourth-order valence-electron chi connectivity index (χ4n) is 3.37. The van der Waals surface area contributed by atoms with Gasteiger partial charge in [-0.25, -0.2) is 9.97 Å². The molecule has 0 spiro atoms. The van der Waals surface area contributed by atoms with Crippen molar-refractivity contribution >= 4 is 33.3 Å². The summed E-state index contributed by atoms with van der Waals surface area (Å²) in [5.74, 6) is -0.312. The van der Waals surface area contributed by atoms with Crippen LogP contribution in [-0.4, -0.2) is 20.4 Å². The van der Waals surface area contributed by atoms with Gasteiger partial charge in [0, 0.05) is 10.4 Å². The van der Waals surface area contributed by atoms with Crippen molar-refractivity contribution in [1.29, 1.82) is 0 Å².